The minimum absolute atomic E-state index is 0.362. The summed E-state index contributed by atoms with van der Waals surface area (Å²) in [5.74, 6) is 0.890. The molecule has 2 rings (SSSR count). The molecule has 1 aromatic rings. The van der Waals surface area contributed by atoms with Crippen LogP contribution in [0.25, 0.3) is 6.08 Å². The maximum absolute atomic E-state index is 8.76. The lowest BCUT2D eigenvalue weighted by Crippen LogP contribution is -2.20. The minimum Gasteiger partial charge on any atom is -0.192 e. The van der Waals surface area contributed by atoms with E-state index in [0.717, 1.165) is 11.5 Å². The highest BCUT2D eigenvalue weighted by Crippen LogP contribution is 2.39. The van der Waals surface area contributed by atoms with Gasteiger partial charge in [-0.05, 0) is 54.7 Å². The standard InChI is InChI=1S/C17H21N/c1-14-7-10-17(2,11-8-14)12-9-15-3-5-16(13-18)6-4-15/h3-6,9,12,14H,7-8,10-11H2,1-2H3/b12-9+. The van der Waals surface area contributed by atoms with Gasteiger partial charge in [0.1, 0.15) is 0 Å². The Morgan fingerprint density at radius 3 is 2.39 bits per heavy atom. The summed E-state index contributed by atoms with van der Waals surface area (Å²) < 4.78 is 0. The molecule has 1 nitrogen and oxygen atoms in total. The van der Waals surface area contributed by atoms with Crippen LogP contribution in [0.1, 0.15) is 50.7 Å². The summed E-state index contributed by atoms with van der Waals surface area (Å²) in [5, 5.41) is 8.76. The minimum atomic E-state index is 0.362. The van der Waals surface area contributed by atoms with Crippen LogP contribution in [0.3, 0.4) is 0 Å². The molecule has 0 aromatic heterocycles. The maximum atomic E-state index is 8.76. The summed E-state index contributed by atoms with van der Waals surface area (Å²) in [5.41, 5.74) is 2.28. The molecule has 0 N–H and O–H groups in total. The molecule has 0 aliphatic heterocycles. The topological polar surface area (TPSA) is 23.8 Å². The average molecular weight is 239 g/mol. The van der Waals surface area contributed by atoms with Crippen molar-refractivity contribution in [3.63, 3.8) is 0 Å². The first-order valence-corrected chi connectivity index (χ1v) is 6.81. The highest BCUT2D eigenvalue weighted by atomic mass is 14.3. The Hall–Kier alpha value is -1.55. The van der Waals surface area contributed by atoms with Crippen LogP contribution in [-0.2, 0) is 0 Å². The zero-order chi connectivity index (χ0) is 13.0. The first-order chi connectivity index (χ1) is 8.61. The summed E-state index contributed by atoms with van der Waals surface area (Å²) in [4.78, 5) is 0. The largest absolute Gasteiger partial charge is 0.192 e. The number of rotatable bonds is 2. The lowest BCUT2D eigenvalue weighted by Gasteiger charge is -2.33. The van der Waals surface area contributed by atoms with Crippen molar-refractivity contribution in [2.45, 2.75) is 39.5 Å². The van der Waals surface area contributed by atoms with E-state index in [1.807, 2.05) is 24.3 Å². The Bertz CT molecular complexity index is 453. The molecule has 1 fully saturated rings. The number of benzene rings is 1. The van der Waals surface area contributed by atoms with Crippen LogP contribution in [0.5, 0.6) is 0 Å². The predicted octanol–water partition coefficient (Wildman–Crippen LogP) is 4.79. The summed E-state index contributed by atoms with van der Waals surface area (Å²) >= 11 is 0. The molecule has 18 heavy (non-hydrogen) atoms. The fourth-order valence-electron chi connectivity index (χ4n) is 2.55. The van der Waals surface area contributed by atoms with Gasteiger partial charge in [-0.2, -0.15) is 5.26 Å². The molecule has 0 atom stereocenters. The first kappa shape index (κ1) is 12.9. The number of nitrogens with zero attached hydrogens (tertiary/aromatic N) is 1. The van der Waals surface area contributed by atoms with Crippen LogP contribution >= 0.6 is 0 Å². The van der Waals surface area contributed by atoms with Crippen LogP contribution < -0.4 is 0 Å². The van der Waals surface area contributed by atoms with Crippen molar-refractivity contribution in [1.29, 1.82) is 5.26 Å². The first-order valence-electron chi connectivity index (χ1n) is 6.81. The summed E-state index contributed by atoms with van der Waals surface area (Å²) in [6.45, 7) is 4.71. The van der Waals surface area contributed by atoms with Gasteiger partial charge in [0.2, 0.25) is 0 Å². The molecule has 0 spiro atoms. The predicted molar refractivity (Wildman–Crippen MR) is 75.9 cm³/mol. The second-order valence-corrected chi connectivity index (χ2v) is 5.90. The average Bonchev–Trinajstić information content (AvgIpc) is 2.41. The quantitative estimate of drug-likeness (QED) is 0.728. The van der Waals surface area contributed by atoms with Crippen LogP contribution in [0.15, 0.2) is 30.3 Å². The zero-order valence-electron chi connectivity index (χ0n) is 11.3. The van der Waals surface area contributed by atoms with Gasteiger partial charge < -0.3 is 0 Å². The van der Waals surface area contributed by atoms with Gasteiger partial charge in [0, 0.05) is 0 Å². The summed E-state index contributed by atoms with van der Waals surface area (Å²) in [7, 11) is 0. The third kappa shape index (κ3) is 3.23. The van der Waals surface area contributed by atoms with E-state index in [-0.39, 0.29) is 0 Å². The van der Waals surface area contributed by atoms with E-state index in [9.17, 15) is 0 Å². The normalized spacial score (nSPS) is 28.2. The highest BCUT2D eigenvalue weighted by molar-refractivity contribution is 5.51. The van der Waals surface area contributed by atoms with E-state index in [4.69, 9.17) is 5.26 Å². The fourth-order valence-corrected chi connectivity index (χ4v) is 2.55. The Morgan fingerprint density at radius 1 is 1.22 bits per heavy atom. The van der Waals surface area contributed by atoms with Crippen LogP contribution in [0, 0.1) is 22.7 Å². The molecular weight excluding hydrogens is 218 g/mol. The van der Waals surface area contributed by atoms with Gasteiger partial charge in [-0.15, -0.1) is 0 Å². The Kier molecular flexibility index (Phi) is 3.87. The lowest BCUT2D eigenvalue weighted by molar-refractivity contribution is 0.234. The molecule has 1 aromatic carbocycles. The Morgan fingerprint density at radius 2 is 1.83 bits per heavy atom. The zero-order valence-corrected chi connectivity index (χ0v) is 11.3. The highest BCUT2D eigenvalue weighted by Gasteiger charge is 2.26. The molecule has 1 saturated carbocycles. The van der Waals surface area contributed by atoms with Crippen LogP contribution in [-0.4, -0.2) is 0 Å². The van der Waals surface area contributed by atoms with Gasteiger partial charge in [0.05, 0.1) is 11.6 Å². The number of hydrogen-bond acceptors (Lipinski definition) is 1. The monoisotopic (exact) mass is 239 g/mol. The smallest absolute Gasteiger partial charge is 0.0991 e. The molecule has 0 radical (unpaired) electrons. The van der Waals surface area contributed by atoms with Crippen molar-refractivity contribution in [2.75, 3.05) is 0 Å². The van der Waals surface area contributed by atoms with Gasteiger partial charge in [0.15, 0.2) is 0 Å². The van der Waals surface area contributed by atoms with E-state index >= 15 is 0 Å². The molecule has 1 heteroatoms. The molecule has 0 bridgehead atoms. The number of nitriles is 1. The number of hydrogen-bond donors (Lipinski definition) is 0. The van der Waals surface area contributed by atoms with E-state index in [0.29, 0.717) is 5.41 Å². The molecule has 0 saturated heterocycles. The lowest BCUT2D eigenvalue weighted by atomic mass is 9.72. The third-order valence-electron chi connectivity index (χ3n) is 4.13. The second-order valence-electron chi connectivity index (χ2n) is 5.90. The van der Waals surface area contributed by atoms with E-state index in [1.54, 1.807) is 0 Å². The van der Waals surface area contributed by atoms with E-state index < -0.39 is 0 Å². The van der Waals surface area contributed by atoms with Crippen molar-refractivity contribution in [1.82, 2.24) is 0 Å². The van der Waals surface area contributed by atoms with E-state index in [2.05, 4.69) is 32.1 Å². The van der Waals surface area contributed by atoms with Crippen LogP contribution in [0.4, 0.5) is 0 Å². The molecule has 94 valence electrons. The Labute approximate surface area is 110 Å². The second kappa shape index (κ2) is 5.40. The summed E-state index contributed by atoms with van der Waals surface area (Å²) in [6.07, 6.45) is 9.84. The molecule has 0 amide bonds. The van der Waals surface area contributed by atoms with Crippen molar-refractivity contribution in [3.05, 3.63) is 41.5 Å². The maximum Gasteiger partial charge on any atom is 0.0991 e. The van der Waals surface area contributed by atoms with E-state index in [1.165, 1.54) is 31.2 Å². The fraction of sp³-hybridized carbons (Fsp3) is 0.471. The van der Waals surface area contributed by atoms with Crippen molar-refractivity contribution in [2.24, 2.45) is 11.3 Å². The van der Waals surface area contributed by atoms with Gasteiger partial charge in [0.25, 0.3) is 0 Å². The van der Waals surface area contributed by atoms with Gasteiger partial charge in [-0.1, -0.05) is 38.1 Å². The van der Waals surface area contributed by atoms with Gasteiger partial charge >= 0.3 is 0 Å². The van der Waals surface area contributed by atoms with Crippen LogP contribution in [0.2, 0.25) is 0 Å². The number of allylic oxidation sites excluding steroid dienone is 1. The van der Waals surface area contributed by atoms with Gasteiger partial charge in [-0.3, -0.25) is 0 Å². The van der Waals surface area contributed by atoms with Crippen molar-refractivity contribution in [3.8, 4) is 6.07 Å². The third-order valence-corrected chi connectivity index (χ3v) is 4.13. The molecule has 0 heterocycles. The van der Waals surface area contributed by atoms with Gasteiger partial charge in [-0.25, -0.2) is 0 Å². The Balaban J connectivity index is 2.03. The molecule has 0 unspecified atom stereocenters. The molecular formula is C17H21N. The molecule has 1 aliphatic carbocycles. The molecule has 1 aliphatic rings. The summed E-state index contributed by atoms with van der Waals surface area (Å²) in [6, 6.07) is 9.94. The van der Waals surface area contributed by atoms with Crippen molar-refractivity contribution >= 4 is 6.08 Å². The van der Waals surface area contributed by atoms with Crippen molar-refractivity contribution < 1.29 is 0 Å². The SMILES string of the molecule is CC1CCC(C)(/C=C/c2ccc(C#N)cc2)CC1.